The summed E-state index contributed by atoms with van der Waals surface area (Å²) in [5.74, 6) is -1.25. The van der Waals surface area contributed by atoms with Crippen molar-refractivity contribution in [3.05, 3.63) is 46.6 Å². The van der Waals surface area contributed by atoms with Crippen LogP contribution in [-0.2, 0) is 57.1 Å². The molecule has 5 fully saturated rings. The summed E-state index contributed by atoms with van der Waals surface area (Å²) in [6.45, 7) is 23.1. The predicted molar refractivity (Wildman–Crippen MR) is 377 cm³/mol. The summed E-state index contributed by atoms with van der Waals surface area (Å²) in [7, 11) is 4.94. The Kier molecular flexibility index (Phi) is 36.2. The Labute approximate surface area is 593 Å². The number of ether oxygens (including phenoxy) is 8. The van der Waals surface area contributed by atoms with Gasteiger partial charge in [-0.15, -0.1) is 0 Å². The van der Waals surface area contributed by atoms with Gasteiger partial charge in [-0.1, -0.05) is 52.0 Å². The molecule has 0 aromatic carbocycles. The summed E-state index contributed by atoms with van der Waals surface area (Å²) in [6.07, 6.45) is 19.7. The van der Waals surface area contributed by atoms with E-state index in [0.29, 0.717) is 107 Å². The Hall–Kier alpha value is -5.18. The highest BCUT2D eigenvalue weighted by Crippen LogP contribution is 2.35. The van der Waals surface area contributed by atoms with Crippen molar-refractivity contribution in [3.63, 3.8) is 0 Å². The van der Waals surface area contributed by atoms with Crippen molar-refractivity contribution < 1.29 is 87.1 Å². The number of nitrogens with one attached hydrogen (secondary N) is 1. The molecule has 1 saturated carbocycles. The maximum atomic E-state index is 11.4. The zero-order chi connectivity index (χ0) is 73.0. The van der Waals surface area contributed by atoms with Gasteiger partial charge >= 0.3 is 36.1 Å². The fraction of sp³-hybridized carbons (Fsp3) is 0.806. The number of hydrogen-bond donors (Lipinski definition) is 9. The minimum atomic E-state index is -0.884. The van der Waals surface area contributed by atoms with Crippen LogP contribution >= 0.6 is 0 Å². The number of likely N-dealkylation sites (tertiary alicyclic amines) is 4. The van der Waals surface area contributed by atoms with E-state index in [1.54, 1.807) is 28.1 Å². The molecule has 0 aromatic rings. The van der Waals surface area contributed by atoms with E-state index >= 15 is 0 Å². The molecule has 9 rings (SSSR count). The van der Waals surface area contributed by atoms with Crippen molar-refractivity contribution in [2.24, 2.45) is 58.4 Å². The zero-order valence-corrected chi connectivity index (χ0v) is 61.0. The number of alkyl carbamates (subject to hydrolysis) is 1. The van der Waals surface area contributed by atoms with Gasteiger partial charge in [-0.25, -0.2) is 28.8 Å². The van der Waals surface area contributed by atoms with Crippen molar-refractivity contribution in [1.82, 2.24) is 29.8 Å². The topological polar surface area (TPSA) is 389 Å². The van der Waals surface area contributed by atoms with Crippen LogP contribution in [0.3, 0.4) is 0 Å². The second kappa shape index (κ2) is 43.2. The number of piperidine rings is 4. The lowest BCUT2D eigenvalue weighted by Gasteiger charge is -2.43. The van der Waals surface area contributed by atoms with Crippen LogP contribution in [0.2, 0.25) is 0 Å². The number of carboxylic acid groups (broad SMARTS) is 4. The SMILES string of the molecule is CCOC(=O)NCCO[C@H]1CCCN([C@@H]2C=C(C(=O)O)C[C@H](N)[C@H]2C)C1.COCCOC[C@H]1CCCN([C@@H]2C=C(C(=O)O)C[C@H](N)[C@H]2C)C1.C[C@H]1[C@H](N2CCC[C@H](OCCOC(=O)N(C)C)C2)C=C(C(=O)O)C[C@@H]1N.C[C@H]1[C@H](N2CCC[C@H](OCCOCC3CC3)C2)C=C(C(=O)O)C[C@@H]1N. The van der Waals surface area contributed by atoms with Gasteiger partial charge in [0, 0.05) is 131 Å². The van der Waals surface area contributed by atoms with Crippen LogP contribution in [0.4, 0.5) is 9.59 Å². The molecule has 0 bridgehead atoms. The predicted octanol–water partition coefficient (Wildman–Crippen LogP) is 4.62. The van der Waals surface area contributed by atoms with Gasteiger partial charge in [0.1, 0.15) is 6.61 Å². The molecule has 4 heterocycles. The highest BCUT2D eigenvalue weighted by molar-refractivity contribution is 5.88. The molecule has 9 aliphatic rings. The third-order valence-electron chi connectivity index (χ3n) is 21.2. The first-order chi connectivity index (χ1) is 47.8. The second-order valence-electron chi connectivity index (χ2n) is 29.0. The normalized spacial score (nSPS) is 31.4. The van der Waals surface area contributed by atoms with E-state index in [1.807, 2.05) is 24.3 Å². The molecule has 4 saturated heterocycles. The van der Waals surface area contributed by atoms with Gasteiger partial charge in [0.2, 0.25) is 0 Å². The van der Waals surface area contributed by atoms with Crippen molar-refractivity contribution >= 4 is 36.1 Å². The van der Waals surface area contributed by atoms with Gasteiger partial charge in [-0.05, 0) is 159 Å². The summed E-state index contributed by atoms with van der Waals surface area (Å²) < 4.78 is 43.9. The third-order valence-corrected chi connectivity index (χ3v) is 21.2. The first kappa shape index (κ1) is 83.8. The van der Waals surface area contributed by atoms with Crippen molar-refractivity contribution in [2.45, 2.75) is 191 Å². The van der Waals surface area contributed by atoms with Crippen LogP contribution in [0, 0.1) is 35.5 Å². The third kappa shape index (κ3) is 27.5. The number of hydrogen-bond acceptors (Lipinski definition) is 22. The Morgan fingerprint density at radius 1 is 0.470 bits per heavy atom. The molecule has 28 nitrogen and oxygen atoms in total. The minimum Gasteiger partial charge on any atom is -0.478 e. The lowest BCUT2D eigenvalue weighted by atomic mass is 9.81. The van der Waals surface area contributed by atoms with Crippen LogP contribution in [0.15, 0.2) is 46.6 Å². The zero-order valence-electron chi connectivity index (χ0n) is 61.0. The molecule has 100 heavy (non-hydrogen) atoms. The molecular formula is C72H124N10O18. The van der Waals surface area contributed by atoms with Gasteiger partial charge in [0.15, 0.2) is 0 Å². The van der Waals surface area contributed by atoms with Gasteiger partial charge in [-0.2, -0.15) is 0 Å². The molecule has 28 heteroatoms. The fourth-order valence-electron chi connectivity index (χ4n) is 14.7. The smallest absolute Gasteiger partial charge is 0.409 e. The maximum absolute atomic E-state index is 11.4. The summed E-state index contributed by atoms with van der Waals surface area (Å²) in [4.78, 5) is 78.7. The minimum absolute atomic E-state index is 0.0165. The molecule has 570 valence electrons. The quantitative estimate of drug-likeness (QED) is 0.0482. The van der Waals surface area contributed by atoms with Crippen LogP contribution in [-0.4, -0.2) is 294 Å². The van der Waals surface area contributed by atoms with Crippen LogP contribution in [0.1, 0.15) is 125 Å². The molecule has 4 aliphatic heterocycles. The lowest BCUT2D eigenvalue weighted by molar-refractivity contribution is -0.134. The summed E-state index contributed by atoms with van der Waals surface area (Å²) in [5, 5.41) is 39.9. The molecule has 16 atom stereocenters. The van der Waals surface area contributed by atoms with Crippen molar-refractivity contribution in [2.75, 3.05) is 146 Å². The summed E-state index contributed by atoms with van der Waals surface area (Å²) in [6, 6.07) is -0.239. The largest absolute Gasteiger partial charge is 0.478 e. The molecule has 13 N–H and O–H groups in total. The Morgan fingerprint density at radius 2 is 0.820 bits per heavy atom. The van der Waals surface area contributed by atoms with E-state index in [-0.39, 0.29) is 103 Å². The van der Waals surface area contributed by atoms with E-state index in [1.165, 1.54) is 17.7 Å². The average Bonchev–Trinajstić information content (AvgIpc) is 1.08. The van der Waals surface area contributed by atoms with E-state index in [9.17, 15) is 49.2 Å². The van der Waals surface area contributed by atoms with E-state index in [2.05, 4.69) is 52.6 Å². The standard InChI is InChI=1S/C19H32N2O4.2C18H31N3O5.C17H30N2O4/c1-13-17(20)9-15(19(22)23)10-18(13)21-6-2-3-16(11-21)25-8-7-24-12-14-4-5-14;1-12-15(19)9-13(17(22)23)10-16(12)21-6-4-5-14(11-21)25-7-8-26-18(24)20(2)3;1-3-25-18(24)20-6-8-26-14-5-4-7-21(11-14)16-10-13(17(22)23)9-15(19)12(16)2;1-12-15(18)8-14(17(20)21)9-16(12)19-5-3-4-13(10-19)11-23-7-6-22-2/h10,13-14,16-18H,2-9,11-12,20H2,1H3,(H,22,23);10,12,14-16H,4-9,11,19H2,1-3H3,(H,22,23);10,12,14-16H,3-9,11,19H2,1-2H3,(H,20,24)(H,22,23);9,12-13,15-16H,3-8,10-11,18H2,1-2H3,(H,20,21)/t13-,16+,17+,18-;2*12-,14+,15+,16-;12-,13+,15+,16-/m1111/s1. The number of rotatable bonds is 28. The average molecular weight is 1420 g/mol. The second-order valence-corrected chi connectivity index (χ2v) is 29.0. The van der Waals surface area contributed by atoms with Crippen molar-refractivity contribution in [3.8, 4) is 0 Å². The van der Waals surface area contributed by atoms with Crippen LogP contribution in [0.5, 0.6) is 0 Å². The lowest BCUT2D eigenvalue weighted by Crippen LogP contribution is -2.53. The van der Waals surface area contributed by atoms with E-state index in [0.717, 1.165) is 123 Å². The number of carbonyl (C=O) groups excluding carboxylic acids is 2. The molecule has 2 amide bonds. The number of nitrogens with two attached hydrogens (primary N) is 4. The number of nitrogens with zero attached hydrogens (tertiary/aromatic N) is 5. The summed E-state index contributed by atoms with van der Waals surface area (Å²) in [5.41, 5.74) is 26.5. The van der Waals surface area contributed by atoms with E-state index in [4.69, 9.17) is 60.8 Å². The monoisotopic (exact) mass is 1420 g/mol. The van der Waals surface area contributed by atoms with Crippen LogP contribution < -0.4 is 28.3 Å². The van der Waals surface area contributed by atoms with Gasteiger partial charge < -0.3 is 91.5 Å². The first-order valence-corrected chi connectivity index (χ1v) is 36.8. The Balaban J connectivity index is 0.000000210. The number of methoxy groups -OCH3 is 1. The molecular weight excluding hydrogens is 1290 g/mol. The number of aliphatic carboxylic acids is 4. The Morgan fingerprint density at radius 3 is 1.18 bits per heavy atom. The first-order valence-electron chi connectivity index (χ1n) is 36.8. The highest BCUT2D eigenvalue weighted by Gasteiger charge is 2.40. The fourth-order valence-corrected chi connectivity index (χ4v) is 14.7. The van der Waals surface area contributed by atoms with Gasteiger partial charge in [0.25, 0.3) is 0 Å². The van der Waals surface area contributed by atoms with Crippen LogP contribution in [0.25, 0.3) is 0 Å². The molecule has 0 unspecified atom stereocenters. The highest BCUT2D eigenvalue weighted by atomic mass is 16.6. The maximum Gasteiger partial charge on any atom is 0.409 e. The van der Waals surface area contributed by atoms with Gasteiger partial charge in [0.05, 0.1) is 71.2 Å². The molecule has 0 aromatic heterocycles. The number of amides is 2. The van der Waals surface area contributed by atoms with Gasteiger partial charge in [-0.3, -0.25) is 19.6 Å². The van der Waals surface area contributed by atoms with E-state index < -0.39 is 30.0 Å². The molecule has 0 radical (unpaired) electrons. The summed E-state index contributed by atoms with van der Waals surface area (Å²) >= 11 is 0. The molecule has 5 aliphatic carbocycles. The van der Waals surface area contributed by atoms with Crippen molar-refractivity contribution in [1.29, 1.82) is 0 Å². The molecule has 0 spiro atoms. The number of carboxylic acids is 4. The number of carbonyl (C=O) groups is 6. The Bertz CT molecular complexity index is 2680.